The molecule has 1 heterocycles. The predicted octanol–water partition coefficient (Wildman–Crippen LogP) is 2.64. The molecule has 0 bridgehead atoms. The van der Waals surface area contributed by atoms with Crippen LogP contribution in [0.4, 0.5) is 0 Å². The molecule has 0 aromatic heterocycles. The van der Waals surface area contributed by atoms with E-state index in [2.05, 4.69) is 4.90 Å². The second kappa shape index (κ2) is 5.52. The molecule has 1 unspecified atom stereocenters. The number of halogens is 1. The summed E-state index contributed by atoms with van der Waals surface area (Å²) in [6.07, 6.45) is 1.75. The molecule has 1 aliphatic rings. The van der Waals surface area contributed by atoms with Crippen LogP contribution in [0.5, 0.6) is 0 Å². The molecule has 3 nitrogen and oxygen atoms in total. The number of carboxylic acids is 1. The molecular formula is C13H16ClNO2. The molecular weight excluding hydrogens is 238 g/mol. The van der Waals surface area contributed by atoms with Gasteiger partial charge in [-0.15, -0.1) is 0 Å². The van der Waals surface area contributed by atoms with Crippen molar-refractivity contribution in [3.63, 3.8) is 0 Å². The van der Waals surface area contributed by atoms with Crippen LogP contribution in [0, 0.1) is 5.92 Å². The third kappa shape index (κ3) is 3.45. The van der Waals surface area contributed by atoms with Crippen molar-refractivity contribution in [2.24, 2.45) is 5.92 Å². The lowest BCUT2D eigenvalue weighted by atomic mass is 9.98. The van der Waals surface area contributed by atoms with Crippen molar-refractivity contribution in [3.05, 3.63) is 34.9 Å². The summed E-state index contributed by atoms with van der Waals surface area (Å²) < 4.78 is 0. The lowest BCUT2D eigenvalue weighted by molar-refractivity contribution is -0.143. The van der Waals surface area contributed by atoms with E-state index in [1.165, 1.54) is 0 Å². The topological polar surface area (TPSA) is 40.5 Å². The molecule has 1 fully saturated rings. The Hall–Kier alpha value is -1.06. The van der Waals surface area contributed by atoms with Crippen molar-refractivity contribution >= 4 is 17.6 Å². The molecule has 0 aliphatic carbocycles. The molecule has 1 aromatic rings. The fraction of sp³-hybridized carbons (Fsp3) is 0.462. The van der Waals surface area contributed by atoms with Crippen molar-refractivity contribution in [3.8, 4) is 0 Å². The number of piperidine rings is 1. The number of rotatable bonds is 3. The average molecular weight is 254 g/mol. The van der Waals surface area contributed by atoms with E-state index in [9.17, 15) is 4.79 Å². The van der Waals surface area contributed by atoms with Gasteiger partial charge in [0, 0.05) is 18.1 Å². The smallest absolute Gasteiger partial charge is 0.307 e. The first-order valence-corrected chi connectivity index (χ1v) is 6.22. The highest BCUT2D eigenvalue weighted by molar-refractivity contribution is 6.30. The van der Waals surface area contributed by atoms with Crippen LogP contribution in [0.25, 0.3) is 0 Å². The molecule has 0 amide bonds. The molecule has 0 radical (unpaired) electrons. The first kappa shape index (κ1) is 12.4. The Morgan fingerprint density at radius 2 is 2.35 bits per heavy atom. The molecule has 4 heteroatoms. The van der Waals surface area contributed by atoms with Crippen LogP contribution in [0.15, 0.2) is 24.3 Å². The van der Waals surface area contributed by atoms with E-state index in [1.54, 1.807) is 0 Å². The quantitative estimate of drug-likeness (QED) is 0.900. The number of hydrogen-bond acceptors (Lipinski definition) is 2. The number of hydrogen-bond donors (Lipinski definition) is 1. The highest BCUT2D eigenvalue weighted by atomic mass is 35.5. The normalized spacial score (nSPS) is 21.4. The second-order valence-electron chi connectivity index (χ2n) is 4.54. The summed E-state index contributed by atoms with van der Waals surface area (Å²) >= 11 is 5.93. The minimum absolute atomic E-state index is 0.220. The molecule has 0 spiro atoms. The molecule has 1 saturated heterocycles. The van der Waals surface area contributed by atoms with Gasteiger partial charge in [0.2, 0.25) is 0 Å². The third-order valence-corrected chi connectivity index (χ3v) is 3.39. The number of benzene rings is 1. The summed E-state index contributed by atoms with van der Waals surface area (Å²) in [5, 5.41) is 9.75. The Morgan fingerprint density at radius 3 is 3.06 bits per heavy atom. The summed E-state index contributed by atoms with van der Waals surface area (Å²) in [5.74, 6) is -0.899. The molecule has 1 atom stereocenters. The maximum Gasteiger partial charge on any atom is 0.307 e. The van der Waals surface area contributed by atoms with Gasteiger partial charge in [-0.2, -0.15) is 0 Å². The van der Waals surface area contributed by atoms with Crippen molar-refractivity contribution in [1.82, 2.24) is 4.90 Å². The number of likely N-dealkylation sites (tertiary alicyclic amines) is 1. The number of carbonyl (C=O) groups is 1. The predicted molar refractivity (Wildman–Crippen MR) is 67.1 cm³/mol. The zero-order chi connectivity index (χ0) is 12.3. The summed E-state index contributed by atoms with van der Waals surface area (Å²) in [4.78, 5) is 13.1. The van der Waals surface area contributed by atoms with Crippen LogP contribution in [0.3, 0.4) is 0 Å². The lowest BCUT2D eigenvalue weighted by Gasteiger charge is -2.30. The number of aliphatic carboxylic acids is 1. The summed E-state index contributed by atoms with van der Waals surface area (Å²) in [6.45, 7) is 2.39. The summed E-state index contributed by atoms with van der Waals surface area (Å²) in [7, 11) is 0. The van der Waals surface area contributed by atoms with Crippen LogP contribution in [0.1, 0.15) is 18.4 Å². The molecule has 0 saturated carbocycles. The third-order valence-electron chi connectivity index (χ3n) is 3.15. The lowest BCUT2D eigenvalue weighted by Crippen LogP contribution is -2.38. The maximum absolute atomic E-state index is 11.0. The molecule has 1 aromatic carbocycles. The monoisotopic (exact) mass is 253 g/mol. The number of carboxylic acid groups (broad SMARTS) is 1. The molecule has 1 aliphatic heterocycles. The van der Waals surface area contributed by atoms with Gasteiger partial charge in [0.1, 0.15) is 0 Å². The number of nitrogens with zero attached hydrogens (tertiary/aromatic N) is 1. The van der Waals surface area contributed by atoms with Gasteiger partial charge in [-0.25, -0.2) is 0 Å². The highest BCUT2D eigenvalue weighted by Gasteiger charge is 2.25. The van der Waals surface area contributed by atoms with Crippen molar-refractivity contribution < 1.29 is 9.90 Å². The van der Waals surface area contributed by atoms with E-state index < -0.39 is 5.97 Å². The standard InChI is InChI=1S/C13H16ClNO2/c14-12-5-1-3-10(7-12)8-15-6-2-4-11(9-15)13(16)17/h1,3,5,7,11H,2,4,6,8-9H2,(H,16,17). The van der Waals surface area contributed by atoms with Gasteiger partial charge in [0.15, 0.2) is 0 Å². The SMILES string of the molecule is O=C(O)C1CCCN(Cc2cccc(Cl)c2)C1. The Labute approximate surface area is 106 Å². The minimum atomic E-state index is -0.680. The maximum atomic E-state index is 11.0. The first-order valence-electron chi connectivity index (χ1n) is 5.85. The van der Waals surface area contributed by atoms with Gasteiger partial charge in [0.25, 0.3) is 0 Å². The fourth-order valence-electron chi connectivity index (χ4n) is 2.29. The summed E-state index contributed by atoms with van der Waals surface area (Å²) in [6, 6.07) is 7.74. The Bertz CT molecular complexity index is 408. The zero-order valence-corrected chi connectivity index (χ0v) is 10.4. The molecule has 92 valence electrons. The fourth-order valence-corrected chi connectivity index (χ4v) is 2.51. The van der Waals surface area contributed by atoms with E-state index in [0.29, 0.717) is 6.54 Å². The van der Waals surface area contributed by atoms with Crippen LogP contribution in [-0.4, -0.2) is 29.1 Å². The van der Waals surface area contributed by atoms with E-state index in [1.807, 2.05) is 24.3 Å². The van der Waals surface area contributed by atoms with Crippen LogP contribution < -0.4 is 0 Å². The van der Waals surface area contributed by atoms with Gasteiger partial charge in [0.05, 0.1) is 5.92 Å². The Balaban J connectivity index is 1.97. The molecule has 17 heavy (non-hydrogen) atoms. The highest BCUT2D eigenvalue weighted by Crippen LogP contribution is 2.19. The summed E-state index contributed by atoms with van der Waals surface area (Å²) in [5.41, 5.74) is 1.14. The van der Waals surface area contributed by atoms with Gasteiger partial charge in [-0.3, -0.25) is 9.69 Å². The van der Waals surface area contributed by atoms with E-state index >= 15 is 0 Å². The molecule has 1 N–H and O–H groups in total. The van der Waals surface area contributed by atoms with Crippen LogP contribution in [0.2, 0.25) is 5.02 Å². The van der Waals surface area contributed by atoms with Crippen LogP contribution >= 0.6 is 11.6 Å². The van der Waals surface area contributed by atoms with E-state index in [-0.39, 0.29) is 5.92 Å². The largest absolute Gasteiger partial charge is 0.481 e. The second-order valence-corrected chi connectivity index (χ2v) is 4.98. The van der Waals surface area contributed by atoms with E-state index in [0.717, 1.165) is 36.5 Å². The minimum Gasteiger partial charge on any atom is -0.481 e. The van der Waals surface area contributed by atoms with Crippen molar-refractivity contribution in [2.75, 3.05) is 13.1 Å². The van der Waals surface area contributed by atoms with Gasteiger partial charge in [-0.1, -0.05) is 23.7 Å². The average Bonchev–Trinajstić information content (AvgIpc) is 2.29. The molecule has 2 rings (SSSR count). The first-order chi connectivity index (χ1) is 8.15. The van der Waals surface area contributed by atoms with Crippen molar-refractivity contribution in [1.29, 1.82) is 0 Å². The van der Waals surface area contributed by atoms with Crippen molar-refractivity contribution in [2.45, 2.75) is 19.4 Å². The van der Waals surface area contributed by atoms with Gasteiger partial charge in [-0.05, 0) is 37.1 Å². The van der Waals surface area contributed by atoms with Gasteiger partial charge < -0.3 is 5.11 Å². The zero-order valence-electron chi connectivity index (χ0n) is 9.60. The van der Waals surface area contributed by atoms with Gasteiger partial charge >= 0.3 is 5.97 Å². The Kier molecular flexibility index (Phi) is 4.02. The van der Waals surface area contributed by atoms with E-state index in [4.69, 9.17) is 16.7 Å². The Morgan fingerprint density at radius 1 is 1.53 bits per heavy atom. The van der Waals surface area contributed by atoms with Crippen LogP contribution in [-0.2, 0) is 11.3 Å².